The first-order valence-corrected chi connectivity index (χ1v) is 8.26. The predicted octanol–water partition coefficient (Wildman–Crippen LogP) is 3.70. The van der Waals surface area contributed by atoms with Crippen LogP contribution in [-0.2, 0) is 0 Å². The van der Waals surface area contributed by atoms with Gasteiger partial charge in [0, 0.05) is 22.8 Å². The molecule has 1 atom stereocenters. The van der Waals surface area contributed by atoms with Gasteiger partial charge in [-0.1, -0.05) is 11.6 Å². The first-order chi connectivity index (χ1) is 11.6. The van der Waals surface area contributed by atoms with Gasteiger partial charge in [0.1, 0.15) is 5.82 Å². The molecule has 1 aliphatic rings. The second kappa shape index (κ2) is 5.87. The average Bonchev–Trinajstić information content (AvgIpc) is 3.33. The van der Waals surface area contributed by atoms with Crippen LogP contribution in [0.3, 0.4) is 0 Å². The van der Waals surface area contributed by atoms with Crippen LogP contribution in [0.25, 0.3) is 11.0 Å². The molecule has 7 heteroatoms. The third-order valence-corrected chi connectivity index (χ3v) is 4.58. The van der Waals surface area contributed by atoms with Gasteiger partial charge in [0.2, 0.25) is 0 Å². The molecule has 1 aliphatic carbocycles. The Kier molecular flexibility index (Phi) is 3.69. The monoisotopic (exact) mass is 341 g/mol. The van der Waals surface area contributed by atoms with Crippen molar-refractivity contribution in [3.63, 3.8) is 0 Å². The quantitative estimate of drug-likeness (QED) is 0.785. The van der Waals surface area contributed by atoms with Gasteiger partial charge in [0.25, 0.3) is 5.91 Å². The number of carbonyl (C=O) groups excluding carboxylic acids is 1. The van der Waals surface area contributed by atoms with Crippen molar-refractivity contribution >= 4 is 34.4 Å². The molecule has 3 aromatic rings. The van der Waals surface area contributed by atoms with Gasteiger partial charge in [-0.2, -0.15) is 5.10 Å². The lowest BCUT2D eigenvalue weighted by atomic mass is 10.2. The van der Waals surface area contributed by atoms with Gasteiger partial charge in [-0.25, -0.2) is 14.6 Å². The maximum atomic E-state index is 12.4. The highest BCUT2D eigenvalue weighted by Gasteiger charge is 2.30. The first kappa shape index (κ1) is 15.1. The van der Waals surface area contributed by atoms with Gasteiger partial charge in [-0.05, 0) is 43.9 Å². The fraction of sp³-hybridized carbons (Fsp3) is 0.294. The molecule has 0 saturated heterocycles. The smallest absolute Gasteiger partial charge is 0.258 e. The number of carbonyl (C=O) groups is 1. The molecule has 1 N–H and O–H groups in total. The summed E-state index contributed by atoms with van der Waals surface area (Å²) in [7, 11) is 0. The van der Waals surface area contributed by atoms with E-state index in [-0.39, 0.29) is 5.91 Å². The number of rotatable bonds is 4. The van der Waals surface area contributed by atoms with Gasteiger partial charge in [-0.15, -0.1) is 0 Å². The number of amides is 1. The van der Waals surface area contributed by atoms with Gasteiger partial charge < -0.3 is 5.32 Å². The Morgan fingerprint density at radius 2 is 2.17 bits per heavy atom. The van der Waals surface area contributed by atoms with Crippen LogP contribution in [0.2, 0.25) is 5.02 Å². The van der Waals surface area contributed by atoms with Crippen molar-refractivity contribution in [2.45, 2.75) is 25.8 Å². The lowest BCUT2D eigenvalue weighted by Gasteiger charge is -2.11. The fourth-order valence-electron chi connectivity index (χ4n) is 2.80. The molecule has 3 heterocycles. The summed E-state index contributed by atoms with van der Waals surface area (Å²) in [5.74, 6) is 0.819. The van der Waals surface area contributed by atoms with E-state index >= 15 is 0 Å². The minimum atomic E-state index is -0.276. The van der Waals surface area contributed by atoms with Gasteiger partial charge in [0.05, 0.1) is 17.8 Å². The number of hydrogen-bond donors (Lipinski definition) is 1. The Morgan fingerprint density at radius 1 is 1.33 bits per heavy atom. The largest absolute Gasteiger partial charge is 0.306 e. The number of nitrogens with one attached hydrogen (secondary N) is 1. The summed E-state index contributed by atoms with van der Waals surface area (Å²) in [5.41, 5.74) is 1.27. The van der Waals surface area contributed by atoms with E-state index in [0.717, 1.165) is 11.0 Å². The zero-order valence-electron chi connectivity index (χ0n) is 13.1. The molecule has 0 aliphatic heterocycles. The average molecular weight is 342 g/mol. The number of halogens is 1. The maximum Gasteiger partial charge on any atom is 0.258 e. The summed E-state index contributed by atoms with van der Waals surface area (Å²) >= 11 is 5.90. The van der Waals surface area contributed by atoms with Gasteiger partial charge in [0.15, 0.2) is 5.65 Å². The minimum Gasteiger partial charge on any atom is -0.306 e. The normalized spacial score (nSPS) is 15.4. The number of fused-ring (bicyclic) bond motifs is 1. The second-order valence-electron chi connectivity index (χ2n) is 6.12. The molecule has 4 rings (SSSR count). The highest BCUT2D eigenvalue weighted by molar-refractivity contribution is 6.30. The van der Waals surface area contributed by atoms with Crippen molar-refractivity contribution in [2.75, 3.05) is 5.32 Å². The third-order valence-electron chi connectivity index (χ3n) is 4.35. The van der Waals surface area contributed by atoms with E-state index in [0.29, 0.717) is 28.4 Å². The van der Waals surface area contributed by atoms with Crippen LogP contribution in [0.5, 0.6) is 0 Å². The second-order valence-corrected chi connectivity index (χ2v) is 6.55. The van der Waals surface area contributed by atoms with Crippen molar-refractivity contribution in [3.8, 4) is 0 Å². The number of anilines is 1. The molecule has 1 saturated carbocycles. The highest BCUT2D eigenvalue weighted by Crippen LogP contribution is 2.39. The molecule has 3 aromatic heterocycles. The number of hydrogen-bond acceptors (Lipinski definition) is 4. The van der Waals surface area contributed by atoms with Crippen LogP contribution in [0, 0.1) is 5.92 Å². The summed E-state index contributed by atoms with van der Waals surface area (Å²) in [6.07, 6.45) is 7.36. The molecule has 24 heavy (non-hydrogen) atoms. The molecular weight excluding hydrogens is 326 g/mol. The minimum absolute atomic E-state index is 0.276. The van der Waals surface area contributed by atoms with E-state index in [1.165, 1.54) is 12.8 Å². The lowest BCUT2D eigenvalue weighted by molar-refractivity contribution is 0.102. The van der Waals surface area contributed by atoms with Crippen LogP contribution < -0.4 is 5.32 Å². The van der Waals surface area contributed by atoms with Crippen LogP contribution in [0.4, 0.5) is 5.82 Å². The Morgan fingerprint density at radius 3 is 2.92 bits per heavy atom. The van der Waals surface area contributed by atoms with E-state index in [4.69, 9.17) is 11.6 Å². The Balaban J connectivity index is 1.59. The van der Waals surface area contributed by atoms with E-state index in [2.05, 4.69) is 27.3 Å². The van der Waals surface area contributed by atoms with Crippen molar-refractivity contribution in [1.29, 1.82) is 0 Å². The Hall–Kier alpha value is -2.47. The Labute approximate surface area is 143 Å². The van der Waals surface area contributed by atoms with Crippen LogP contribution in [-0.4, -0.2) is 25.7 Å². The summed E-state index contributed by atoms with van der Waals surface area (Å²) in [6.45, 7) is 2.16. The van der Waals surface area contributed by atoms with Crippen molar-refractivity contribution in [3.05, 3.63) is 47.4 Å². The molecule has 0 radical (unpaired) electrons. The van der Waals surface area contributed by atoms with Gasteiger partial charge >= 0.3 is 0 Å². The predicted molar refractivity (Wildman–Crippen MR) is 92.2 cm³/mol. The maximum absolute atomic E-state index is 12.4. The summed E-state index contributed by atoms with van der Waals surface area (Å²) in [4.78, 5) is 20.9. The summed E-state index contributed by atoms with van der Waals surface area (Å²) < 4.78 is 1.95. The highest BCUT2D eigenvalue weighted by atomic mass is 35.5. The first-order valence-electron chi connectivity index (χ1n) is 7.88. The van der Waals surface area contributed by atoms with Crippen LogP contribution >= 0.6 is 11.6 Å². The van der Waals surface area contributed by atoms with Crippen molar-refractivity contribution in [1.82, 2.24) is 19.7 Å². The molecule has 1 fully saturated rings. The summed E-state index contributed by atoms with van der Waals surface area (Å²) in [6, 6.07) is 5.39. The van der Waals surface area contributed by atoms with E-state index in [1.54, 1.807) is 36.8 Å². The van der Waals surface area contributed by atoms with E-state index in [1.807, 2.05) is 4.68 Å². The lowest BCUT2D eigenvalue weighted by Crippen LogP contribution is -2.13. The molecule has 0 spiro atoms. The SMILES string of the molecule is CC(C1CC1)n1ncc2cc(C(=O)Nc3cc(Cl)ccn3)cnc21. The van der Waals surface area contributed by atoms with E-state index < -0.39 is 0 Å². The van der Waals surface area contributed by atoms with E-state index in [9.17, 15) is 4.79 Å². The van der Waals surface area contributed by atoms with Crippen LogP contribution in [0.15, 0.2) is 36.8 Å². The topological polar surface area (TPSA) is 72.7 Å². The van der Waals surface area contributed by atoms with Crippen molar-refractivity contribution in [2.24, 2.45) is 5.92 Å². The third kappa shape index (κ3) is 2.85. The molecule has 0 aromatic carbocycles. The number of aromatic nitrogens is 4. The molecule has 1 unspecified atom stereocenters. The molecule has 0 bridgehead atoms. The zero-order valence-corrected chi connectivity index (χ0v) is 13.9. The van der Waals surface area contributed by atoms with Gasteiger partial charge in [-0.3, -0.25) is 4.79 Å². The van der Waals surface area contributed by atoms with Crippen molar-refractivity contribution < 1.29 is 4.79 Å². The molecule has 6 nitrogen and oxygen atoms in total. The number of pyridine rings is 2. The fourth-order valence-corrected chi connectivity index (χ4v) is 2.96. The van der Waals surface area contributed by atoms with Crippen LogP contribution in [0.1, 0.15) is 36.2 Å². The molecule has 1 amide bonds. The molecular formula is C17H16ClN5O. The molecule has 122 valence electrons. The zero-order chi connectivity index (χ0) is 16.7. The summed E-state index contributed by atoms with van der Waals surface area (Å²) in [5, 5.41) is 8.54. The standard InChI is InChI=1S/C17H16ClN5O/c1-10(11-2-3-11)23-16-12(9-21-23)6-13(8-20-16)17(24)22-15-7-14(18)4-5-19-15/h4-11H,2-3H2,1H3,(H,19,22,24). The number of nitrogens with zero attached hydrogens (tertiary/aromatic N) is 4. The Bertz CT molecular complexity index is 918.